The summed E-state index contributed by atoms with van der Waals surface area (Å²) in [6.07, 6.45) is 1.11. The third-order valence-corrected chi connectivity index (χ3v) is 1.46. The van der Waals surface area contributed by atoms with Crippen LogP contribution >= 0.6 is 0 Å². The summed E-state index contributed by atoms with van der Waals surface area (Å²) >= 11 is 0. The Morgan fingerprint density at radius 1 is 1.67 bits per heavy atom. The number of ether oxygens (including phenoxy) is 1. The van der Waals surface area contributed by atoms with E-state index in [2.05, 4.69) is 11.3 Å². The van der Waals surface area contributed by atoms with Gasteiger partial charge in [0.05, 0.1) is 12.9 Å². The Hall–Kier alpha value is -0.880. The molecule has 0 rings (SSSR count). The van der Waals surface area contributed by atoms with Crippen LogP contribution in [-0.2, 0) is 19.6 Å². The van der Waals surface area contributed by atoms with Crippen LogP contribution in [-0.4, -0.2) is 31.8 Å². The molecule has 0 saturated heterocycles. The van der Waals surface area contributed by atoms with Gasteiger partial charge in [0, 0.05) is 6.08 Å². The van der Waals surface area contributed by atoms with Crippen LogP contribution in [0.1, 0.15) is 6.92 Å². The maximum Gasteiger partial charge on any atom is 0.329 e. The Bertz CT molecular complexity index is 228. The van der Waals surface area contributed by atoms with E-state index in [9.17, 15) is 13.2 Å². The van der Waals surface area contributed by atoms with Crippen molar-refractivity contribution in [1.82, 2.24) is 0 Å². The lowest BCUT2D eigenvalue weighted by atomic mass is 10.7. The third kappa shape index (κ3) is 16.1. The zero-order valence-corrected chi connectivity index (χ0v) is 7.80. The number of esters is 1. The largest absolute Gasteiger partial charge is 0.466 e. The highest BCUT2D eigenvalue weighted by Crippen LogP contribution is 1.74. The smallest absolute Gasteiger partial charge is 0.329 e. The highest BCUT2D eigenvalue weighted by molar-refractivity contribution is 7.85. The van der Waals surface area contributed by atoms with Crippen molar-refractivity contribution in [3.05, 3.63) is 12.7 Å². The Balaban J connectivity index is 0. The molecule has 0 amide bonds. The Morgan fingerprint density at radius 3 is 2.00 bits per heavy atom. The molecule has 5 nitrogen and oxygen atoms in total. The molecule has 0 unspecified atom stereocenters. The molecular weight excluding hydrogens is 184 g/mol. The van der Waals surface area contributed by atoms with Crippen LogP contribution in [0.5, 0.6) is 0 Å². The molecule has 0 fully saturated rings. The van der Waals surface area contributed by atoms with E-state index in [-0.39, 0.29) is 5.75 Å². The lowest BCUT2D eigenvalue weighted by Crippen LogP contribution is -1.97. The minimum atomic E-state index is -3.66. The summed E-state index contributed by atoms with van der Waals surface area (Å²) in [6.45, 7) is 4.53. The minimum absolute atomic E-state index is 0.201. The lowest BCUT2D eigenvalue weighted by molar-refractivity contribution is -0.134. The van der Waals surface area contributed by atoms with Crippen molar-refractivity contribution < 1.29 is 22.5 Å². The second kappa shape index (κ2) is 6.81. The Kier molecular flexibility index (Phi) is 7.77. The molecule has 0 aromatic heterocycles. The summed E-state index contributed by atoms with van der Waals surface area (Å²) in [7, 11) is -2.35. The maximum atomic E-state index is 9.84. The van der Waals surface area contributed by atoms with Crippen LogP contribution in [0.15, 0.2) is 12.7 Å². The molecule has 0 atom stereocenters. The molecule has 72 valence electrons. The first kappa shape index (κ1) is 13.7. The fraction of sp³-hybridized carbons (Fsp3) is 0.500. The van der Waals surface area contributed by atoms with Crippen LogP contribution in [0.4, 0.5) is 0 Å². The molecule has 0 saturated carbocycles. The van der Waals surface area contributed by atoms with Gasteiger partial charge in [0.15, 0.2) is 0 Å². The van der Waals surface area contributed by atoms with E-state index >= 15 is 0 Å². The van der Waals surface area contributed by atoms with Gasteiger partial charge in [0.2, 0.25) is 0 Å². The van der Waals surface area contributed by atoms with Gasteiger partial charge >= 0.3 is 5.97 Å². The predicted molar refractivity (Wildman–Crippen MR) is 44.3 cm³/mol. The highest BCUT2D eigenvalue weighted by atomic mass is 32.2. The monoisotopic (exact) mass is 196 g/mol. The van der Waals surface area contributed by atoms with Gasteiger partial charge in [-0.25, -0.2) is 4.79 Å². The third-order valence-electron chi connectivity index (χ3n) is 0.733. The van der Waals surface area contributed by atoms with E-state index in [1.54, 1.807) is 0 Å². The van der Waals surface area contributed by atoms with Gasteiger partial charge in [-0.05, 0) is 6.92 Å². The standard InChI is InChI=1S/C4H6O2.C2H6O3S/c1-3-4(5)6-2;1-2-6(3,4)5/h3H,1H2,2H3;2H2,1H3,(H,3,4,5). The van der Waals surface area contributed by atoms with E-state index in [0.29, 0.717) is 0 Å². The minimum Gasteiger partial charge on any atom is -0.466 e. The molecular formula is C6H12O5S. The summed E-state index contributed by atoms with van der Waals surface area (Å²) in [5.41, 5.74) is 0. The summed E-state index contributed by atoms with van der Waals surface area (Å²) in [5, 5.41) is 0. The van der Waals surface area contributed by atoms with Crippen molar-refractivity contribution in [3.8, 4) is 0 Å². The van der Waals surface area contributed by atoms with Crippen molar-refractivity contribution >= 4 is 16.1 Å². The average Bonchev–Trinajstić information content (AvgIpc) is 2.03. The van der Waals surface area contributed by atoms with Crippen molar-refractivity contribution in [2.75, 3.05) is 12.9 Å². The average molecular weight is 196 g/mol. The van der Waals surface area contributed by atoms with Crippen LogP contribution in [0.2, 0.25) is 0 Å². The first-order valence-electron chi connectivity index (χ1n) is 3.03. The molecule has 0 heterocycles. The van der Waals surface area contributed by atoms with Crippen LogP contribution in [0.25, 0.3) is 0 Å². The molecule has 0 bridgehead atoms. The Labute approximate surface area is 71.8 Å². The van der Waals surface area contributed by atoms with Gasteiger partial charge in [0.25, 0.3) is 10.1 Å². The first-order chi connectivity index (χ1) is 5.37. The van der Waals surface area contributed by atoms with Crippen LogP contribution in [0.3, 0.4) is 0 Å². The fourth-order valence-corrected chi connectivity index (χ4v) is 0.0833. The zero-order valence-electron chi connectivity index (χ0n) is 6.98. The second-order valence-electron chi connectivity index (χ2n) is 1.60. The SMILES string of the molecule is C=CC(=O)OC.CCS(=O)(=O)O. The van der Waals surface area contributed by atoms with E-state index in [1.807, 2.05) is 0 Å². The first-order valence-corrected chi connectivity index (χ1v) is 4.63. The highest BCUT2D eigenvalue weighted by Gasteiger charge is 1.93. The van der Waals surface area contributed by atoms with E-state index in [0.717, 1.165) is 6.08 Å². The van der Waals surface area contributed by atoms with Gasteiger partial charge in [0.1, 0.15) is 0 Å². The number of rotatable bonds is 2. The molecule has 0 aliphatic heterocycles. The number of hydrogen-bond donors (Lipinski definition) is 1. The van der Waals surface area contributed by atoms with Crippen LogP contribution < -0.4 is 0 Å². The maximum absolute atomic E-state index is 9.84. The van der Waals surface area contributed by atoms with E-state index in [1.165, 1.54) is 14.0 Å². The lowest BCUT2D eigenvalue weighted by Gasteiger charge is -1.83. The van der Waals surface area contributed by atoms with E-state index in [4.69, 9.17) is 4.55 Å². The summed E-state index contributed by atoms with van der Waals surface area (Å²) in [5.74, 6) is -0.595. The van der Waals surface area contributed by atoms with Gasteiger partial charge in [-0.2, -0.15) is 8.42 Å². The number of hydrogen-bond acceptors (Lipinski definition) is 4. The molecule has 12 heavy (non-hydrogen) atoms. The number of carbonyl (C=O) groups excluding carboxylic acids is 1. The quantitative estimate of drug-likeness (QED) is 0.388. The van der Waals surface area contributed by atoms with Crippen LogP contribution in [0, 0.1) is 0 Å². The summed E-state index contributed by atoms with van der Waals surface area (Å²) in [4.78, 5) is 9.84. The fourth-order valence-electron chi connectivity index (χ4n) is 0.0833. The summed E-state index contributed by atoms with van der Waals surface area (Å²) in [6, 6.07) is 0. The molecule has 0 aliphatic rings. The van der Waals surface area contributed by atoms with Gasteiger partial charge < -0.3 is 4.74 Å². The molecule has 0 aliphatic carbocycles. The van der Waals surface area contributed by atoms with Crippen molar-refractivity contribution in [2.24, 2.45) is 0 Å². The zero-order chi connectivity index (χ0) is 10.2. The number of carbonyl (C=O) groups is 1. The predicted octanol–water partition coefficient (Wildman–Crippen LogP) is 0.240. The van der Waals surface area contributed by atoms with Crippen molar-refractivity contribution in [1.29, 1.82) is 0 Å². The van der Waals surface area contributed by atoms with E-state index < -0.39 is 16.1 Å². The van der Waals surface area contributed by atoms with Crippen molar-refractivity contribution in [3.63, 3.8) is 0 Å². The van der Waals surface area contributed by atoms with Gasteiger partial charge in [-0.15, -0.1) is 0 Å². The molecule has 0 radical (unpaired) electrons. The topological polar surface area (TPSA) is 80.7 Å². The molecule has 0 spiro atoms. The normalized spacial score (nSPS) is 9.25. The molecule has 1 N–H and O–H groups in total. The Morgan fingerprint density at radius 2 is 2.00 bits per heavy atom. The summed E-state index contributed by atoms with van der Waals surface area (Å²) < 4.78 is 31.1. The number of methoxy groups -OCH3 is 1. The van der Waals surface area contributed by atoms with Gasteiger partial charge in [-0.3, -0.25) is 4.55 Å². The van der Waals surface area contributed by atoms with Crippen molar-refractivity contribution in [2.45, 2.75) is 6.92 Å². The molecule has 6 heteroatoms. The van der Waals surface area contributed by atoms with Gasteiger partial charge in [-0.1, -0.05) is 6.58 Å². The molecule has 0 aromatic carbocycles. The second-order valence-corrected chi connectivity index (χ2v) is 3.34. The molecule has 0 aromatic rings.